The Balaban J connectivity index is 3.15. The average molecular weight is 298 g/mol. The summed E-state index contributed by atoms with van der Waals surface area (Å²) in [7, 11) is 0.110. The highest BCUT2D eigenvalue weighted by molar-refractivity contribution is 7.89. The highest BCUT2D eigenvalue weighted by Gasteiger charge is 2.26. The Morgan fingerprint density at radius 3 is 2.35 bits per heavy atom. The van der Waals surface area contributed by atoms with Gasteiger partial charge in [-0.2, -0.15) is 4.31 Å². The molecule has 20 heavy (non-hydrogen) atoms. The lowest BCUT2D eigenvalue weighted by Gasteiger charge is -2.26. The molecular formula is C15H26N2O2S. The molecule has 4 nitrogen and oxygen atoms in total. The molecule has 0 aliphatic rings. The minimum atomic E-state index is -3.42. The van der Waals surface area contributed by atoms with Crippen molar-refractivity contribution < 1.29 is 8.42 Å². The van der Waals surface area contributed by atoms with Crippen LogP contribution in [-0.2, 0) is 10.0 Å². The summed E-state index contributed by atoms with van der Waals surface area (Å²) in [5.41, 5.74) is 0.978. The van der Waals surface area contributed by atoms with Crippen molar-refractivity contribution in [3.8, 4) is 0 Å². The first-order valence-electron chi connectivity index (χ1n) is 7.13. The molecule has 1 aromatic rings. The second kappa shape index (κ2) is 7.20. The molecule has 1 unspecified atom stereocenters. The summed E-state index contributed by atoms with van der Waals surface area (Å²) >= 11 is 0. The molecule has 5 heteroatoms. The summed E-state index contributed by atoms with van der Waals surface area (Å²) < 4.78 is 26.8. The van der Waals surface area contributed by atoms with Crippen molar-refractivity contribution >= 4 is 10.0 Å². The Bertz CT molecular complexity index is 524. The third kappa shape index (κ3) is 3.59. The molecule has 0 bridgehead atoms. The van der Waals surface area contributed by atoms with Crippen LogP contribution in [-0.4, -0.2) is 32.9 Å². The van der Waals surface area contributed by atoms with Gasteiger partial charge in [0.05, 0.1) is 4.90 Å². The Morgan fingerprint density at radius 2 is 1.85 bits per heavy atom. The molecule has 0 saturated heterocycles. The van der Waals surface area contributed by atoms with Gasteiger partial charge in [-0.25, -0.2) is 8.42 Å². The first-order valence-corrected chi connectivity index (χ1v) is 8.57. The number of nitrogens with zero attached hydrogens (tertiary/aromatic N) is 1. The molecule has 1 N–H and O–H groups in total. The van der Waals surface area contributed by atoms with E-state index in [4.69, 9.17) is 0 Å². The molecule has 0 saturated carbocycles. The fourth-order valence-corrected chi connectivity index (χ4v) is 3.84. The van der Waals surface area contributed by atoms with E-state index in [0.717, 1.165) is 18.4 Å². The third-order valence-electron chi connectivity index (χ3n) is 3.92. The summed E-state index contributed by atoms with van der Waals surface area (Å²) in [5.74, 6) is 0. The number of sulfonamides is 1. The van der Waals surface area contributed by atoms with Crippen molar-refractivity contribution in [2.45, 2.75) is 50.6 Å². The van der Waals surface area contributed by atoms with E-state index in [-0.39, 0.29) is 12.1 Å². The van der Waals surface area contributed by atoms with Crippen LogP contribution in [0.25, 0.3) is 0 Å². The van der Waals surface area contributed by atoms with E-state index in [2.05, 4.69) is 5.32 Å². The van der Waals surface area contributed by atoms with Crippen molar-refractivity contribution in [1.29, 1.82) is 0 Å². The summed E-state index contributed by atoms with van der Waals surface area (Å²) in [6, 6.07) is 7.35. The van der Waals surface area contributed by atoms with Gasteiger partial charge in [0.25, 0.3) is 0 Å². The van der Waals surface area contributed by atoms with Crippen LogP contribution in [0.1, 0.15) is 45.2 Å². The molecule has 114 valence electrons. The maximum absolute atomic E-state index is 12.7. The number of benzene rings is 1. The van der Waals surface area contributed by atoms with Crippen LogP contribution in [0.4, 0.5) is 0 Å². The quantitative estimate of drug-likeness (QED) is 0.842. The lowest BCUT2D eigenvalue weighted by atomic mass is 10.1. The summed E-state index contributed by atoms with van der Waals surface area (Å²) in [4.78, 5) is 0.367. The molecule has 0 aromatic heterocycles. The van der Waals surface area contributed by atoms with Crippen molar-refractivity contribution in [2.24, 2.45) is 0 Å². The number of rotatable bonds is 7. The van der Waals surface area contributed by atoms with E-state index in [9.17, 15) is 8.42 Å². The number of hydrogen-bond donors (Lipinski definition) is 1. The molecular weight excluding hydrogens is 272 g/mol. The molecule has 1 rings (SSSR count). The van der Waals surface area contributed by atoms with Gasteiger partial charge >= 0.3 is 0 Å². The van der Waals surface area contributed by atoms with Gasteiger partial charge in [0.1, 0.15) is 0 Å². The zero-order valence-electron chi connectivity index (χ0n) is 13.1. The maximum Gasteiger partial charge on any atom is 0.243 e. The van der Waals surface area contributed by atoms with Crippen molar-refractivity contribution in [3.05, 3.63) is 29.8 Å². The largest absolute Gasteiger partial charge is 0.313 e. The Morgan fingerprint density at radius 1 is 1.25 bits per heavy atom. The van der Waals surface area contributed by atoms with Gasteiger partial charge in [0.2, 0.25) is 10.0 Å². The van der Waals surface area contributed by atoms with E-state index < -0.39 is 10.0 Å². The predicted molar refractivity (Wildman–Crippen MR) is 83.2 cm³/mol. The average Bonchev–Trinajstić information content (AvgIpc) is 2.47. The van der Waals surface area contributed by atoms with Crippen LogP contribution in [0.3, 0.4) is 0 Å². The molecule has 0 aliphatic carbocycles. The van der Waals surface area contributed by atoms with Crippen LogP contribution < -0.4 is 5.32 Å². The second-order valence-electron chi connectivity index (χ2n) is 5.07. The van der Waals surface area contributed by atoms with Crippen LogP contribution in [0.15, 0.2) is 29.2 Å². The van der Waals surface area contributed by atoms with Gasteiger partial charge in [0.15, 0.2) is 0 Å². The SMILES string of the molecule is CCC(CC)N(C)S(=O)(=O)c1cccc(C(C)NC)c1. The van der Waals surface area contributed by atoms with Gasteiger partial charge in [0, 0.05) is 19.1 Å². The van der Waals surface area contributed by atoms with Gasteiger partial charge in [-0.15, -0.1) is 0 Å². The standard InChI is InChI=1S/C15H26N2O2S/c1-6-14(7-2)17(5)20(18,19)15-10-8-9-13(11-15)12(3)16-4/h8-12,14,16H,6-7H2,1-5H3. The zero-order chi connectivity index (χ0) is 15.3. The van der Waals surface area contributed by atoms with Gasteiger partial charge in [-0.3, -0.25) is 0 Å². The van der Waals surface area contributed by atoms with Gasteiger partial charge in [-0.1, -0.05) is 26.0 Å². The molecule has 0 aliphatic heterocycles. The summed E-state index contributed by atoms with van der Waals surface area (Å²) in [6.45, 7) is 6.04. The molecule has 0 fully saturated rings. The fourth-order valence-electron chi connectivity index (χ4n) is 2.28. The lowest BCUT2D eigenvalue weighted by molar-refractivity contribution is 0.349. The molecule has 0 heterocycles. The minimum absolute atomic E-state index is 0.0466. The highest BCUT2D eigenvalue weighted by Crippen LogP contribution is 2.22. The molecule has 1 atom stereocenters. The lowest BCUT2D eigenvalue weighted by Crippen LogP contribution is -2.36. The van der Waals surface area contributed by atoms with Crippen molar-refractivity contribution in [2.75, 3.05) is 14.1 Å². The van der Waals surface area contributed by atoms with E-state index in [1.54, 1.807) is 25.2 Å². The van der Waals surface area contributed by atoms with Gasteiger partial charge < -0.3 is 5.32 Å². The Kier molecular flexibility index (Phi) is 6.17. The third-order valence-corrected chi connectivity index (χ3v) is 5.83. The number of nitrogens with one attached hydrogen (secondary N) is 1. The Labute approximate surface area is 123 Å². The van der Waals surface area contributed by atoms with E-state index in [0.29, 0.717) is 4.90 Å². The van der Waals surface area contributed by atoms with Crippen LogP contribution in [0.2, 0.25) is 0 Å². The van der Waals surface area contributed by atoms with E-state index in [1.807, 2.05) is 33.9 Å². The Hall–Kier alpha value is -0.910. The molecule has 0 radical (unpaired) electrons. The predicted octanol–water partition coefficient (Wildman–Crippen LogP) is 2.78. The van der Waals surface area contributed by atoms with Gasteiger partial charge in [-0.05, 0) is 44.5 Å². The van der Waals surface area contributed by atoms with E-state index in [1.165, 1.54) is 4.31 Å². The van der Waals surface area contributed by atoms with Crippen LogP contribution >= 0.6 is 0 Å². The van der Waals surface area contributed by atoms with Crippen LogP contribution in [0.5, 0.6) is 0 Å². The molecule has 0 amide bonds. The zero-order valence-corrected chi connectivity index (χ0v) is 13.9. The van der Waals surface area contributed by atoms with E-state index >= 15 is 0 Å². The fraction of sp³-hybridized carbons (Fsp3) is 0.600. The molecule has 1 aromatic carbocycles. The second-order valence-corrected chi connectivity index (χ2v) is 7.07. The first kappa shape index (κ1) is 17.1. The van der Waals surface area contributed by atoms with Crippen molar-refractivity contribution in [3.63, 3.8) is 0 Å². The topological polar surface area (TPSA) is 49.4 Å². The summed E-state index contributed by atoms with van der Waals surface area (Å²) in [5, 5.41) is 3.13. The highest BCUT2D eigenvalue weighted by atomic mass is 32.2. The minimum Gasteiger partial charge on any atom is -0.313 e. The normalized spacial score (nSPS) is 13.9. The first-order chi connectivity index (χ1) is 9.38. The molecule has 0 spiro atoms. The smallest absolute Gasteiger partial charge is 0.243 e. The van der Waals surface area contributed by atoms with Crippen LogP contribution in [0, 0.1) is 0 Å². The van der Waals surface area contributed by atoms with Crippen molar-refractivity contribution in [1.82, 2.24) is 9.62 Å². The summed E-state index contributed by atoms with van der Waals surface area (Å²) in [6.07, 6.45) is 1.64. The maximum atomic E-state index is 12.7. The monoisotopic (exact) mass is 298 g/mol. The number of hydrogen-bond acceptors (Lipinski definition) is 3.